The Balaban J connectivity index is 2.26. The number of methoxy groups -OCH3 is 1. The van der Waals surface area contributed by atoms with Gasteiger partial charge < -0.3 is 20.1 Å². The van der Waals surface area contributed by atoms with Crippen molar-refractivity contribution < 1.29 is 9.84 Å². The van der Waals surface area contributed by atoms with Gasteiger partial charge in [0.15, 0.2) is 5.82 Å². The summed E-state index contributed by atoms with van der Waals surface area (Å²) in [5, 5.41) is 12.8. The molecular weight excluding hydrogens is 234 g/mol. The summed E-state index contributed by atoms with van der Waals surface area (Å²) < 4.78 is 5.06. The van der Waals surface area contributed by atoms with E-state index in [4.69, 9.17) is 4.74 Å². The summed E-state index contributed by atoms with van der Waals surface area (Å²) in [5.74, 6) is 0.563. The van der Waals surface area contributed by atoms with Crippen molar-refractivity contribution in [1.29, 1.82) is 0 Å². The zero-order chi connectivity index (χ0) is 13.0. The van der Waals surface area contributed by atoms with Crippen LogP contribution in [0.1, 0.15) is 32.1 Å². The highest BCUT2D eigenvalue weighted by Crippen LogP contribution is 2.32. The minimum atomic E-state index is -0.383. The molecule has 1 aliphatic carbocycles. The SMILES string of the molecule is COc1c(NC2(CO)CCCCC2)nc[nH]c1=O. The fraction of sp³-hybridized carbons (Fsp3) is 0.667. The standard InChI is InChI=1S/C12H19N3O3/c1-18-9-10(13-8-14-11(9)17)15-12(7-16)5-3-2-4-6-12/h8,16H,2-7H2,1H3,(H2,13,14,15,17). The molecule has 2 rings (SSSR count). The first-order valence-electron chi connectivity index (χ1n) is 6.21. The van der Waals surface area contributed by atoms with E-state index in [2.05, 4.69) is 15.3 Å². The van der Waals surface area contributed by atoms with E-state index in [9.17, 15) is 9.90 Å². The molecular formula is C12H19N3O3. The molecule has 3 N–H and O–H groups in total. The maximum Gasteiger partial charge on any atom is 0.295 e. The van der Waals surface area contributed by atoms with Crippen molar-refractivity contribution in [3.05, 3.63) is 16.7 Å². The second-order valence-corrected chi connectivity index (χ2v) is 4.74. The van der Waals surface area contributed by atoms with E-state index in [1.807, 2.05) is 0 Å². The van der Waals surface area contributed by atoms with E-state index in [-0.39, 0.29) is 23.5 Å². The first-order chi connectivity index (χ1) is 8.71. The lowest BCUT2D eigenvalue weighted by Gasteiger charge is -2.37. The fourth-order valence-electron chi connectivity index (χ4n) is 2.47. The molecule has 1 fully saturated rings. The van der Waals surface area contributed by atoms with Crippen LogP contribution in [0.25, 0.3) is 0 Å². The highest BCUT2D eigenvalue weighted by atomic mass is 16.5. The number of nitrogens with zero attached hydrogens (tertiary/aromatic N) is 1. The number of nitrogens with one attached hydrogen (secondary N) is 2. The molecule has 18 heavy (non-hydrogen) atoms. The van der Waals surface area contributed by atoms with Crippen LogP contribution in [0.15, 0.2) is 11.1 Å². The summed E-state index contributed by atoms with van der Waals surface area (Å²) in [6.07, 6.45) is 6.41. The molecule has 6 heteroatoms. The van der Waals surface area contributed by atoms with Crippen LogP contribution in [-0.4, -0.2) is 34.3 Å². The molecule has 0 aromatic carbocycles. The number of hydrogen-bond acceptors (Lipinski definition) is 5. The molecule has 0 bridgehead atoms. The normalized spacial score (nSPS) is 18.3. The predicted molar refractivity (Wildman–Crippen MR) is 67.9 cm³/mol. The van der Waals surface area contributed by atoms with Crippen LogP contribution in [0.4, 0.5) is 5.82 Å². The molecule has 1 heterocycles. The molecule has 0 amide bonds. The van der Waals surface area contributed by atoms with Gasteiger partial charge in [-0.1, -0.05) is 19.3 Å². The molecule has 0 radical (unpaired) electrons. The predicted octanol–water partition coefficient (Wildman–Crippen LogP) is 0.886. The largest absolute Gasteiger partial charge is 0.489 e. The summed E-state index contributed by atoms with van der Waals surface area (Å²) in [6.45, 7) is 0.0324. The summed E-state index contributed by atoms with van der Waals surface area (Å²) in [4.78, 5) is 18.1. The van der Waals surface area contributed by atoms with E-state index < -0.39 is 0 Å². The topological polar surface area (TPSA) is 87.2 Å². The second kappa shape index (κ2) is 5.39. The first-order valence-corrected chi connectivity index (χ1v) is 6.21. The molecule has 1 aromatic rings. The molecule has 0 saturated heterocycles. The van der Waals surface area contributed by atoms with Crippen molar-refractivity contribution in [2.45, 2.75) is 37.6 Å². The van der Waals surface area contributed by atoms with E-state index in [1.165, 1.54) is 19.9 Å². The van der Waals surface area contributed by atoms with Crippen molar-refractivity contribution in [2.75, 3.05) is 19.0 Å². The lowest BCUT2D eigenvalue weighted by Crippen LogP contribution is -2.44. The lowest BCUT2D eigenvalue weighted by molar-refractivity contribution is 0.172. The van der Waals surface area contributed by atoms with Gasteiger partial charge in [0.1, 0.15) is 0 Å². The van der Waals surface area contributed by atoms with Gasteiger partial charge in [0.2, 0.25) is 5.75 Å². The number of aliphatic hydroxyl groups excluding tert-OH is 1. The number of H-pyrrole nitrogens is 1. The highest BCUT2D eigenvalue weighted by molar-refractivity contribution is 5.50. The Morgan fingerprint density at radius 3 is 2.83 bits per heavy atom. The summed E-state index contributed by atoms with van der Waals surface area (Å²) in [5.41, 5.74) is -0.703. The molecule has 1 aliphatic rings. The number of hydrogen-bond donors (Lipinski definition) is 3. The Bertz CT molecular complexity index is 452. The van der Waals surface area contributed by atoms with E-state index in [0.29, 0.717) is 5.82 Å². The third kappa shape index (κ3) is 2.48. The summed E-state index contributed by atoms with van der Waals surface area (Å²) >= 11 is 0. The van der Waals surface area contributed by atoms with Crippen LogP contribution in [0.5, 0.6) is 5.75 Å². The van der Waals surface area contributed by atoms with Crippen LogP contribution in [0.2, 0.25) is 0 Å². The Morgan fingerprint density at radius 2 is 2.22 bits per heavy atom. The number of aromatic nitrogens is 2. The van der Waals surface area contributed by atoms with Crippen molar-refractivity contribution >= 4 is 5.82 Å². The quantitative estimate of drug-likeness (QED) is 0.741. The Hall–Kier alpha value is -1.56. The Morgan fingerprint density at radius 1 is 1.50 bits per heavy atom. The van der Waals surface area contributed by atoms with Crippen molar-refractivity contribution in [2.24, 2.45) is 0 Å². The average molecular weight is 253 g/mol. The summed E-state index contributed by atoms with van der Waals surface area (Å²) in [6, 6.07) is 0. The summed E-state index contributed by atoms with van der Waals surface area (Å²) in [7, 11) is 1.43. The molecule has 0 aliphatic heterocycles. The Labute approximate surface area is 105 Å². The van der Waals surface area contributed by atoms with Crippen LogP contribution in [0, 0.1) is 0 Å². The van der Waals surface area contributed by atoms with Gasteiger partial charge >= 0.3 is 0 Å². The minimum Gasteiger partial charge on any atom is -0.489 e. The molecule has 0 spiro atoms. The van der Waals surface area contributed by atoms with E-state index in [0.717, 1.165) is 25.7 Å². The van der Waals surface area contributed by atoms with Gasteiger partial charge in [-0.3, -0.25) is 4.79 Å². The average Bonchev–Trinajstić information content (AvgIpc) is 2.40. The number of rotatable bonds is 4. The first kappa shape index (κ1) is 12.9. The van der Waals surface area contributed by atoms with E-state index in [1.54, 1.807) is 0 Å². The van der Waals surface area contributed by atoms with Crippen LogP contribution < -0.4 is 15.6 Å². The van der Waals surface area contributed by atoms with Crippen molar-refractivity contribution in [3.63, 3.8) is 0 Å². The smallest absolute Gasteiger partial charge is 0.295 e. The van der Waals surface area contributed by atoms with Crippen LogP contribution in [0.3, 0.4) is 0 Å². The maximum atomic E-state index is 11.6. The van der Waals surface area contributed by atoms with Gasteiger partial charge in [0.05, 0.1) is 25.6 Å². The lowest BCUT2D eigenvalue weighted by atomic mass is 9.82. The number of aliphatic hydroxyl groups is 1. The molecule has 1 saturated carbocycles. The molecule has 1 aromatic heterocycles. The van der Waals surface area contributed by atoms with Gasteiger partial charge in [-0.15, -0.1) is 0 Å². The monoisotopic (exact) mass is 253 g/mol. The third-order valence-corrected chi connectivity index (χ3v) is 3.51. The number of aromatic amines is 1. The zero-order valence-electron chi connectivity index (χ0n) is 10.5. The van der Waals surface area contributed by atoms with Gasteiger partial charge in [-0.05, 0) is 12.8 Å². The van der Waals surface area contributed by atoms with Gasteiger partial charge in [-0.25, -0.2) is 4.98 Å². The van der Waals surface area contributed by atoms with Crippen molar-refractivity contribution in [1.82, 2.24) is 9.97 Å². The van der Waals surface area contributed by atoms with Gasteiger partial charge in [-0.2, -0.15) is 0 Å². The second-order valence-electron chi connectivity index (χ2n) is 4.74. The minimum absolute atomic E-state index is 0.0324. The number of ether oxygens (including phenoxy) is 1. The van der Waals surface area contributed by atoms with Crippen molar-refractivity contribution in [3.8, 4) is 5.75 Å². The molecule has 0 atom stereocenters. The number of anilines is 1. The van der Waals surface area contributed by atoms with E-state index >= 15 is 0 Å². The highest BCUT2D eigenvalue weighted by Gasteiger charge is 2.32. The van der Waals surface area contributed by atoms with Gasteiger partial charge in [0.25, 0.3) is 5.56 Å². The van der Waals surface area contributed by atoms with Crippen LogP contribution in [-0.2, 0) is 0 Å². The molecule has 100 valence electrons. The Kier molecular flexibility index (Phi) is 3.86. The van der Waals surface area contributed by atoms with Crippen LogP contribution >= 0.6 is 0 Å². The van der Waals surface area contributed by atoms with Gasteiger partial charge in [0, 0.05) is 0 Å². The third-order valence-electron chi connectivity index (χ3n) is 3.51. The molecule has 0 unspecified atom stereocenters. The molecule has 6 nitrogen and oxygen atoms in total. The fourth-order valence-corrected chi connectivity index (χ4v) is 2.47. The maximum absolute atomic E-state index is 11.6. The zero-order valence-corrected chi connectivity index (χ0v) is 10.5.